The van der Waals surface area contributed by atoms with E-state index in [0.29, 0.717) is 5.56 Å². The maximum Gasteiger partial charge on any atom is 0.166 e. The molecule has 3 N–H and O–H groups in total. The highest BCUT2D eigenvalue weighted by Gasteiger charge is 2.02. The van der Waals surface area contributed by atoms with E-state index >= 15 is 0 Å². The number of anilines is 1. The number of hydrogen-bond acceptors (Lipinski definition) is 4. The number of nitrogens with one attached hydrogen (secondary N) is 1. The van der Waals surface area contributed by atoms with Gasteiger partial charge in [-0.1, -0.05) is 23.8 Å². The monoisotopic (exact) mass is 242 g/mol. The average molecular weight is 242 g/mol. The van der Waals surface area contributed by atoms with Crippen LogP contribution in [0.2, 0.25) is 0 Å². The van der Waals surface area contributed by atoms with Crippen LogP contribution >= 0.6 is 0 Å². The lowest BCUT2D eigenvalue weighted by molar-refractivity contribution is 0.403. The van der Waals surface area contributed by atoms with E-state index in [9.17, 15) is 10.2 Å². The first kappa shape index (κ1) is 12.0. The zero-order valence-electron chi connectivity index (χ0n) is 9.96. The van der Waals surface area contributed by atoms with Crippen LogP contribution in [-0.2, 0) is 0 Å². The molecule has 0 heterocycles. The van der Waals surface area contributed by atoms with E-state index in [1.165, 1.54) is 17.8 Å². The third-order valence-electron chi connectivity index (χ3n) is 2.49. The fraction of sp³-hybridized carbons (Fsp3) is 0.0714. The summed E-state index contributed by atoms with van der Waals surface area (Å²) in [5, 5.41) is 22.9. The molecule has 0 amide bonds. The molecule has 0 atom stereocenters. The second-order valence-electron chi connectivity index (χ2n) is 3.95. The van der Waals surface area contributed by atoms with Gasteiger partial charge in [0, 0.05) is 5.56 Å². The third-order valence-corrected chi connectivity index (χ3v) is 2.49. The lowest BCUT2D eigenvalue weighted by Crippen LogP contribution is -1.91. The first-order chi connectivity index (χ1) is 8.66. The maximum absolute atomic E-state index is 9.56. The van der Waals surface area contributed by atoms with Crippen LogP contribution in [-0.4, -0.2) is 16.4 Å². The molecule has 0 radical (unpaired) electrons. The van der Waals surface area contributed by atoms with E-state index in [4.69, 9.17) is 0 Å². The molecule has 2 aromatic rings. The molecule has 0 aliphatic rings. The Bertz CT molecular complexity index is 563. The second kappa shape index (κ2) is 5.23. The number of aromatic hydroxyl groups is 2. The first-order valence-corrected chi connectivity index (χ1v) is 5.53. The Kier molecular flexibility index (Phi) is 3.48. The Morgan fingerprint density at radius 3 is 2.50 bits per heavy atom. The summed E-state index contributed by atoms with van der Waals surface area (Å²) in [6, 6.07) is 12.5. The lowest BCUT2D eigenvalue weighted by Gasteiger charge is -2.02. The van der Waals surface area contributed by atoms with Crippen molar-refractivity contribution >= 4 is 11.9 Å². The maximum atomic E-state index is 9.56. The van der Waals surface area contributed by atoms with E-state index in [0.717, 1.165) is 5.69 Å². The van der Waals surface area contributed by atoms with Crippen LogP contribution in [0, 0.1) is 6.92 Å². The Labute approximate surface area is 105 Å². The number of hydrogen-bond donors (Lipinski definition) is 3. The Hall–Kier alpha value is -2.49. The normalized spacial score (nSPS) is 10.7. The van der Waals surface area contributed by atoms with Gasteiger partial charge in [0.25, 0.3) is 0 Å². The molecule has 0 aliphatic carbocycles. The summed E-state index contributed by atoms with van der Waals surface area (Å²) in [6.07, 6.45) is 1.45. The van der Waals surface area contributed by atoms with Crippen molar-refractivity contribution in [3.63, 3.8) is 0 Å². The van der Waals surface area contributed by atoms with E-state index in [2.05, 4.69) is 10.5 Å². The zero-order chi connectivity index (χ0) is 13.0. The molecule has 0 bridgehead atoms. The van der Waals surface area contributed by atoms with Crippen LogP contribution in [0.25, 0.3) is 0 Å². The van der Waals surface area contributed by atoms with Crippen molar-refractivity contribution in [2.45, 2.75) is 6.92 Å². The SMILES string of the molecule is Cc1ccc(N/N=C/c2cccc(O)c2O)cc1. The number of phenolic OH excluding ortho intramolecular Hbond substituents is 2. The van der Waals surface area contributed by atoms with Crippen molar-refractivity contribution in [2.75, 3.05) is 5.43 Å². The van der Waals surface area contributed by atoms with Gasteiger partial charge < -0.3 is 10.2 Å². The lowest BCUT2D eigenvalue weighted by atomic mass is 10.2. The first-order valence-electron chi connectivity index (χ1n) is 5.53. The van der Waals surface area contributed by atoms with Crippen LogP contribution in [0.5, 0.6) is 11.5 Å². The van der Waals surface area contributed by atoms with Gasteiger partial charge in [0.2, 0.25) is 0 Å². The van der Waals surface area contributed by atoms with Crippen molar-refractivity contribution < 1.29 is 10.2 Å². The molecule has 0 unspecified atom stereocenters. The van der Waals surface area contributed by atoms with Crippen LogP contribution in [0.1, 0.15) is 11.1 Å². The van der Waals surface area contributed by atoms with Gasteiger partial charge in [-0.25, -0.2) is 0 Å². The van der Waals surface area contributed by atoms with E-state index < -0.39 is 0 Å². The minimum Gasteiger partial charge on any atom is -0.504 e. The van der Waals surface area contributed by atoms with Crippen LogP contribution in [0.3, 0.4) is 0 Å². The highest BCUT2D eigenvalue weighted by atomic mass is 16.3. The van der Waals surface area contributed by atoms with Gasteiger partial charge in [-0.15, -0.1) is 0 Å². The Morgan fingerprint density at radius 1 is 1.06 bits per heavy atom. The summed E-state index contributed by atoms with van der Waals surface area (Å²) < 4.78 is 0. The fourth-order valence-electron chi connectivity index (χ4n) is 1.46. The smallest absolute Gasteiger partial charge is 0.166 e. The summed E-state index contributed by atoms with van der Waals surface area (Å²) in [5.41, 5.74) is 5.33. The molecular formula is C14H14N2O2. The highest BCUT2D eigenvalue weighted by molar-refractivity contribution is 5.85. The average Bonchev–Trinajstić information content (AvgIpc) is 2.37. The number of rotatable bonds is 3. The highest BCUT2D eigenvalue weighted by Crippen LogP contribution is 2.26. The molecule has 0 saturated heterocycles. The van der Waals surface area contributed by atoms with Crippen LogP contribution in [0.4, 0.5) is 5.69 Å². The molecule has 2 rings (SSSR count). The molecule has 18 heavy (non-hydrogen) atoms. The molecule has 0 aliphatic heterocycles. The Balaban J connectivity index is 2.07. The van der Waals surface area contributed by atoms with Gasteiger partial charge in [0.1, 0.15) is 0 Å². The summed E-state index contributed by atoms with van der Waals surface area (Å²) in [5.74, 6) is -0.332. The van der Waals surface area contributed by atoms with Gasteiger partial charge >= 0.3 is 0 Å². The summed E-state index contributed by atoms with van der Waals surface area (Å²) in [6.45, 7) is 2.01. The van der Waals surface area contributed by atoms with E-state index in [1.54, 1.807) is 12.1 Å². The van der Waals surface area contributed by atoms with Crippen molar-refractivity contribution in [2.24, 2.45) is 5.10 Å². The Morgan fingerprint density at radius 2 is 1.78 bits per heavy atom. The topological polar surface area (TPSA) is 64.9 Å². The van der Waals surface area contributed by atoms with Crippen molar-refractivity contribution in [3.8, 4) is 11.5 Å². The molecular weight excluding hydrogens is 228 g/mol. The minimum atomic E-state index is -0.174. The number of benzene rings is 2. The summed E-state index contributed by atoms with van der Waals surface area (Å²) >= 11 is 0. The van der Waals surface area contributed by atoms with Crippen LogP contribution < -0.4 is 5.43 Å². The van der Waals surface area contributed by atoms with Gasteiger partial charge in [-0.3, -0.25) is 5.43 Å². The van der Waals surface area contributed by atoms with Gasteiger partial charge in [0.15, 0.2) is 11.5 Å². The molecule has 0 saturated carbocycles. The predicted molar refractivity (Wildman–Crippen MR) is 72.2 cm³/mol. The second-order valence-corrected chi connectivity index (χ2v) is 3.95. The minimum absolute atomic E-state index is 0.158. The number of hydrazone groups is 1. The summed E-state index contributed by atoms with van der Waals surface area (Å²) in [4.78, 5) is 0. The van der Waals surface area contributed by atoms with Gasteiger partial charge in [-0.2, -0.15) is 5.10 Å². The number of para-hydroxylation sites is 1. The quantitative estimate of drug-likeness (QED) is 0.440. The third kappa shape index (κ3) is 2.79. The molecule has 0 aromatic heterocycles. The molecule has 0 fully saturated rings. The number of aryl methyl sites for hydroxylation is 1. The largest absolute Gasteiger partial charge is 0.504 e. The standard InChI is InChI=1S/C14H14N2O2/c1-10-5-7-12(8-6-10)16-15-9-11-3-2-4-13(17)14(11)18/h2-9,16-18H,1H3/b15-9+. The van der Waals surface area contributed by atoms with E-state index in [1.807, 2.05) is 31.2 Å². The molecule has 92 valence electrons. The van der Waals surface area contributed by atoms with Crippen molar-refractivity contribution in [1.29, 1.82) is 0 Å². The molecule has 4 nitrogen and oxygen atoms in total. The molecule has 0 spiro atoms. The predicted octanol–water partition coefficient (Wildman–Crippen LogP) is 2.85. The summed E-state index contributed by atoms with van der Waals surface area (Å²) in [7, 11) is 0. The van der Waals surface area contributed by atoms with Gasteiger partial charge in [0.05, 0.1) is 11.9 Å². The van der Waals surface area contributed by atoms with E-state index in [-0.39, 0.29) is 11.5 Å². The van der Waals surface area contributed by atoms with Crippen molar-refractivity contribution in [3.05, 3.63) is 53.6 Å². The number of phenols is 2. The zero-order valence-corrected chi connectivity index (χ0v) is 9.96. The fourth-order valence-corrected chi connectivity index (χ4v) is 1.46. The van der Waals surface area contributed by atoms with Gasteiger partial charge in [-0.05, 0) is 31.2 Å². The number of nitrogens with zero attached hydrogens (tertiary/aromatic N) is 1. The van der Waals surface area contributed by atoms with Crippen molar-refractivity contribution in [1.82, 2.24) is 0 Å². The van der Waals surface area contributed by atoms with Crippen LogP contribution in [0.15, 0.2) is 47.6 Å². The molecule has 4 heteroatoms. The molecule has 2 aromatic carbocycles.